The molecule has 150 valence electrons. The van der Waals surface area contributed by atoms with Gasteiger partial charge in [-0.1, -0.05) is 66.5 Å². The number of benzene rings is 2. The van der Waals surface area contributed by atoms with Crippen molar-refractivity contribution in [2.45, 2.75) is 13.8 Å². The molecule has 0 atom stereocenters. The standard InChI is InChI=1S/C23H23NO3S2/c1-4-12-24-22(25)20(29-23(24)28)15-18-10-5-6-11-19(18)26-13-14-27-21-16(2)8-7-9-17(21)3/h4-11,15H,1,12-14H2,2-3H3. The van der Waals surface area contributed by atoms with Crippen LogP contribution in [0.3, 0.4) is 0 Å². The average Bonchev–Trinajstić information content (AvgIpc) is 2.96. The van der Waals surface area contributed by atoms with Crippen LogP contribution in [0.5, 0.6) is 11.5 Å². The highest BCUT2D eigenvalue weighted by Gasteiger charge is 2.31. The highest BCUT2D eigenvalue weighted by Crippen LogP contribution is 2.34. The van der Waals surface area contributed by atoms with Crippen LogP contribution in [-0.4, -0.2) is 34.9 Å². The average molecular weight is 426 g/mol. The molecule has 0 N–H and O–H groups in total. The van der Waals surface area contributed by atoms with E-state index in [0.29, 0.717) is 34.7 Å². The van der Waals surface area contributed by atoms with Crippen molar-refractivity contribution in [3.8, 4) is 11.5 Å². The van der Waals surface area contributed by atoms with Crippen LogP contribution in [0.25, 0.3) is 6.08 Å². The molecule has 1 amide bonds. The first-order valence-electron chi connectivity index (χ1n) is 9.28. The summed E-state index contributed by atoms with van der Waals surface area (Å²) in [5.74, 6) is 1.50. The molecule has 0 radical (unpaired) electrons. The molecule has 6 heteroatoms. The smallest absolute Gasteiger partial charge is 0.266 e. The van der Waals surface area contributed by atoms with Crippen molar-refractivity contribution in [1.82, 2.24) is 4.90 Å². The molecule has 1 heterocycles. The molecule has 1 aliphatic rings. The fourth-order valence-corrected chi connectivity index (χ4v) is 4.25. The lowest BCUT2D eigenvalue weighted by molar-refractivity contribution is -0.121. The summed E-state index contributed by atoms with van der Waals surface area (Å²) in [6, 6.07) is 13.7. The summed E-state index contributed by atoms with van der Waals surface area (Å²) < 4.78 is 12.4. The minimum Gasteiger partial charge on any atom is -0.489 e. The molecule has 2 aromatic carbocycles. The number of amides is 1. The van der Waals surface area contributed by atoms with E-state index < -0.39 is 0 Å². The molecule has 0 bridgehead atoms. The zero-order valence-electron chi connectivity index (χ0n) is 16.5. The molecule has 1 saturated heterocycles. The van der Waals surface area contributed by atoms with Gasteiger partial charge in [-0.2, -0.15) is 0 Å². The third-order valence-corrected chi connectivity index (χ3v) is 5.76. The summed E-state index contributed by atoms with van der Waals surface area (Å²) >= 11 is 6.59. The van der Waals surface area contributed by atoms with Crippen molar-refractivity contribution in [2.24, 2.45) is 0 Å². The second kappa shape index (κ2) is 9.76. The van der Waals surface area contributed by atoms with Gasteiger partial charge in [-0.25, -0.2) is 0 Å². The molecule has 0 aromatic heterocycles. The first-order valence-corrected chi connectivity index (χ1v) is 10.5. The first kappa shape index (κ1) is 21.1. The Kier molecular flexibility index (Phi) is 7.12. The molecule has 1 aliphatic heterocycles. The molecule has 0 saturated carbocycles. The second-order valence-electron chi connectivity index (χ2n) is 6.54. The Hall–Kier alpha value is -2.57. The predicted octanol–water partition coefficient (Wildman–Crippen LogP) is 5.15. The maximum Gasteiger partial charge on any atom is 0.266 e. The van der Waals surface area contributed by atoms with Crippen molar-refractivity contribution in [1.29, 1.82) is 0 Å². The molecule has 0 spiro atoms. The molecular formula is C23H23NO3S2. The van der Waals surface area contributed by atoms with Gasteiger partial charge in [0.1, 0.15) is 29.0 Å². The molecule has 2 aromatic rings. The van der Waals surface area contributed by atoms with Crippen LogP contribution < -0.4 is 9.47 Å². The number of aryl methyl sites for hydroxylation is 2. The maximum atomic E-state index is 12.5. The fraction of sp³-hybridized carbons (Fsp3) is 0.217. The van der Waals surface area contributed by atoms with E-state index >= 15 is 0 Å². The third-order valence-electron chi connectivity index (χ3n) is 4.39. The normalized spacial score (nSPS) is 15.1. The summed E-state index contributed by atoms with van der Waals surface area (Å²) in [5, 5.41) is 0. The van der Waals surface area contributed by atoms with Gasteiger partial charge in [-0.3, -0.25) is 9.69 Å². The van der Waals surface area contributed by atoms with E-state index in [0.717, 1.165) is 22.4 Å². The third kappa shape index (κ3) is 5.08. The van der Waals surface area contributed by atoms with E-state index in [1.165, 1.54) is 11.8 Å². The summed E-state index contributed by atoms with van der Waals surface area (Å²) in [6.45, 7) is 8.98. The number of carbonyl (C=O) groups excluding carboxylic acids is 1. The highest BCUT2D eigenvalue weighted by atomic mass is 32.2. The zero-order valence-corrected chi connectivity index (χ0v) is 18.1. The van der Waals surface area contributed by atoms with Gasteiger partial charge in [-0.15, -0.1) is 6.58 Å². The van der Waals surface area contributed by atoms with E-state index in [4.69, 9.17) is 21.7 Å². The topological polar surface area (TPSA) is 38.8 Å². The van der Waals surface area contributed by atoms with Gasteiger partial charge in [-0.05, 0) is 37.1 Å². The quantitative estimate of drug-likeness (QED) is 0.253. The maximum absolute atomic E-state index is 12.5. The number of hydrogen-bond acceptors (Lipinski definition) is 5. The van der Waals surface area contributed by atoms with Crippen molar-refractivity contribution >= 4 is 40.3 Å². The first-order chi connectivity index (χ1) is 14.0. The number of thioether (sulfide) groups is 1. The summed E-state index contributed by atoms with van der Waals surface area (Å²) in [5.41, 5.74) is 3.04. The SMILES string of the molecule is C=CCN1C(=O)C(=Cc2ccccc2OCCOc2c(C)cccc2C)SC1=S. The predicted molar refractivity (Wildman–Crippen MR) is 123 cm³/mol. The van der Waals surface area contributed by atoms with Crippen LogP contribution in [-0.2, 0) is 4.79 Å². The molecule has 3 rings (SSSR count). The van der Waals surface area contributed by atoms with Crippen LogP contribution in [0.2, 0.25) is 0 Å². The Bertz CT molecular complexity index is 948. The molecule has 1 fully saturated rings. The van der Waals surface area contributed by atoms with E-state index in [1.807, 2.05) is 62.4 Å². The molecule has 4 nitrogen and oxygen atoms in total. The molecule has 29 heavy (non-hydrogen) atoms. The van der Waals surface area contributed by atoms with Gasteiger partial charge in [0, 0.05) is 12.1 Å². The van der Waals surface area contributed by atoms with Gasteiger partial charge in [0.05, 0.1) is 4.91 Å². The number of carbonyl (C=O) groups is 1. The van der Waals surface area contributed by atoms with E-state index in [-0.39, 0.29) is 5.91 Å². The van der Waals surface area contributed by atoms with Gasteiger partial charge < -0.3 is 9.47 Å². The van der Waals surface area contributed by atoms with Crippen LogP contribution in [0.4, 0.5) is 0 Å². The number of rotatable bonds is 8. The Balaban J connectivity index is 1.66. The lowest BCUT2D eigenvalue weighted by atomic mass is 10.1. The largest absolute Gasteiger partial charge is 0.489 e. The number of para-hydroxylation sites is 2. The lowest BCUT2D eigenvalue weighted by Gasteiger charge is -2.13. The number of thiocarbonyl (C=S) groups is 1. The molecular weight excluding hydrogens is 402 g/mol. The highest BCUT2D eigenvalue weighted by molar-refractivity contribution is 8.26. The summed E-state index contributed by atoms with van der Waals surface area (Å²) in [7, 11) is 0. The Morgan fingerprint density at radius 1 is 1.07 bits per heavy atom. The van der Waals surface area contributed by atoms with Gasteiger partial charge in [0.2, 0.25) is 0 Å². The Morgan fingerprint density at radius 2 is 1.76 bits per heavy atom. The van der Waals surface area contributed by atoms with E-state index in [9.17, 15) is 4.79 Å². The van der Waals surface area contributed by atoms with Crippen LogP contribution in [0.15, 0.2) is 60.0 Å². The number of ether oxygens (including phenoxy) is 2. The van der Waals surface area contributed by atoms with Crippen molar-refractivity contribution in [3.63, 3.8) is 0 Å². The summed E-state index contributed by atoms with van der Waals surface area (Å²) in [4.78, 5) is 14.7. The van der Waals surface area contributed by atoms with Crippen molar-refractivity contribution in [3.05, 3.63) is 76.7 Å². The van der Waals surface area contributed by atoms with Gasteiger partial charge in [0.15, 0.2) is 0 Å². The van der Waals surface area contributed by atoms with E-state index in [1.54, 1.807) is 11.0 Å². The monoisotopic (exact) mass is 425 g/mol. The number of nitrogens with zero attached hydrogens (tertiary/aromatic N) is 1. The molecule has 0 unspecified atom stereocenters. The minimum atomic E-state index is -0.104. The van der Waals surface area contributed by atoms with Crippen LogP contribution >= 0.6 is 24.0 Å². The number of hydrogen-bond donors (Lipinski definition) is 0. The molecule has 0 aliphatic carbocycles. The van der Waals surface area contributed by atoms with Crippen LogP contribution in [0, 0.1) is 13.8 Å². The van der Waals surface area contributed by atoms with Crippen molar-refractivity contribution < 1.29 is 14.3 Å². The Labute approximate surface area is 181 Å². The van der Waals surface area contributed by atoms with Gasteiger partial charge >= 0.3 is 0 Å². The van der Waals surface area contributed by atoms with E-state index in [2.05, 4.69) is 6.58 Å². The van der Waals surface area contributed by atoms with Crippen molar-refractivity contribution in [2.75, 3.05) is 19.8 Å². The Morgan fingerprint density at radius 3 is 2.48 bits per heavy atom. The summed E-state index contributed by atoms with van der Waals surface area (Å²) in [6.07, 6.45) is 3.49. The fourth-order valence-electron chi connectivity index (χ4n) is 2.98. The zero-order chi connectivity index (χ0) is 20.8. The van der Waals surface area contributed by atoms with Gasteiger partial charge in [0.25, 0.3) is 5.91 Å². The second-order valence-corrected chi connectivity index (χ2v) is 8.21. The minimum absolute atomic E-state index is 0.104. The lowest BCUT2D eigenvalue weighted by Crippen LogP contribution is -2.27. The van der Waals surface area contributed by atoms with Crippen LogP contribution in [0.1, 0.15) is 16.7 Å².